The van der Waals surface area contributed by atoms with Gasteiger partial charge in [0, 0.05) is 12.0 Å². The Morgan fingerprint density at radius 1 is 1.27 bits per heavy atom. The third kappa shape index (κ3) is 3.16. The van der Waals surface area contributed by atoms with Gasteiger partial charge in [0.15, 0.2) is 0 Å². The summed E-state index contributed by atoms with van der Waals surface area (Å²) in [5.41, 5.74) is 0.868. The molecule has 0 aromatic carbocycles. The van der Waals surface area contributed by atoms with Gasteiger partial charge in [0.25, 0.3) is 0 Å². The van der Waals surface area contributed by atoms with Crippen molar-refractivity contribution in [2.24, 2.45) is 5.41 Å². The second-order valence-electron chi connectivity index (χ2n) is 3.85. The Balaban J connectivity index is 2.54. The zero-order valence-corrected chi connectivity index (χ0v) is 9.40. The highest BCUT2D eigenvalue weighted by Gasteiger charge is 2.24. The van der Waals surface area contributed by atoms with Gasteiger partial charge in [-0.2, -0.15) is 0 Å². The van der Waals surface area contributed by atoms with E-state index in [2.05, 4.69) is 29.1 Å². The number of nitrogens with one attached hydrogen (secondary N) is 1. The van der Waals surface area contributed by atoms with Crippen LogP contribution in [0.15, 0.2) is 18.7 Å². The van der Waals surface area contributed by atoms with Crippen LogP contribution in [0.1, 0.15) is 26.7 Å². The molecule has 0 radical (unpaired) electrons. The lowest BCUT2D eigenvalue weighted by molar-refractivity contribution is 0.127. The van der Waals surface area contributed by atoms with Crippen LogP contribution in [0.3, 0.4) is 0 Å². The van der Waals surface area contributed by atoms with Crippen LogP contribution in [0.4, 0.5) is 5.69 Å². The zero-order valence-electron chi connectivity index (χ0n) is 9.40. The van der Waals surface area contributed by atoms with Gasteiger partial charge in [0.05, 0.1) is 24.7 Å². The molecule has 0 bridgehead atoms. The molecule has 15 heavy (non-hydrogen) atoms. The topological polar surface area (TPSA) is 58.0 Å². The van der Waals surface area contributed by atoms with Gasteiger partial charge >= 0.3 is 0 Å². The van der Waals surface area contributed by atoms with Gasteiger partial charge < -0.3 is 10.4 Å². The van der Waals surface area contributed by atoms with Crippen LogP contribution in [-0.4, -0.2) is 28.2 Å². The third-order valence-corrected chi connectivity index (χ3v) is 3.06. The van der Waals surface area contributed by atoms with Crippen LogP contribution < -0.4 is 5.32 Å². The largest absolute Gasteiger partial charge is 0.396 e. The van der Waals surface area contributed by atoms with Gasteiger partial charge in [-0.3, -0.25) is 0 Å². The summed E-state index contributed by atoms with van der Waals surface area (Å²) in [5, 5.41) is 12.6. The first kappa shape index (κ1) is 11.9. The van der Waals surface area contributed by atoms with Crippen molar-refractivity contribution in [3.63, 3.8) is 0 Å². The highest BCUT2D eigenvalue weighted by atomic mass is 16.3. The Kier molecular flexibility index (Phi) is 4.49. The number of anilines is 1. The van der Waals surface area contributed by atoms with Gasteiger partial charge in [0.2, 0.25) is 0 Å². The summed E-state index contributed by atoms with van der Waals surface area (Å²) in [6.45, 7) is 5.16. The molecule has 4 heteroatoms. The zero-order chi connectivity index (χ0) is 11.1. The van der Waals surface area contributed by atoms with Crippen LogP contribution in [0.25, 0.3) is 0 Å². The average Bonchev–Trinajstić information content (AvgIpc) is 2.33. The van der Waals surface area contributed by atoms with E-state index in [4.69, 9.17) is 0 Å². The Morgan fingerprint density at radius 2 is 1.87 bits per heavy atom. The molecule has 0 aliphatic heterocycles. The van der Waals surface area contributed by atoms with Crippen molar-refractivity contribution in [2.45, 2.75) is 26.7 Å². The summed E-state index contributed by atoms with van der Waals surface area (Å²) in [5.74, 6) is 0. The van der Waals surface area contributed by atoms with Crippen LogP contribution in [0, 0.1) is 5.41 Å². The highest BCUT2D eigenvalue weighted by molar-refractivity contribution is 5.37. The third-order valence-electron chi connectivity index (χ3n) is 3.06. The van der Waals surface area contributed by atoms with Crippen molar-refractivity contribution in [3.8, 4) is 0 Å². The maximum absolute atomic E-state index is 9.38. The van der Waals surface area contributed by atoms with Crippen molar-refractivity contribution in [1.29, 1.82) is 0 Å². The van der Waals surface area contributed by atoms with Gasteiger partial charge in [0.1, 0.15) is 6.33 Å². The Labute approximate surface area is 90.8 Å². The first-order valence-electron chi connectivity index (χ1n) is 5.36. The lowest BCUT2D eigenvalue weighted by atomic mass is 9.83. The minimum atomic E-state index is -0.0319. The van der Waals surface area contributed by atoms with E-state index in [0.717, 1.165) is 25.1 Å². The quantitative estimate of drug-likeness (QED) is 0.748. The summed E-state index contributed by atoms with van der Waals surface area (Å²) in [4.78, 5) is 7.85. The van der Waals surface area contributed by atoms with Gasteiger partial charge in [-0.25, -0.2) is 9.97 Å². The van der Waals surface area contributed by atoms with Gasteiger partial charge in [-0.15, -0.1) is 0 Å². The number of hydrogen-bond donors (Lipinski definition) is 2. The molecule has 0 aliphatic carbocycles. The second-order valence-corrected chi connectivity index (χ2v) is 3.85. The molecular weight excluding hydrogens is 190 g/mol. The molecule has 1 aromatic rings. The van der Waals surface area contributed by atoms with E-state index in [1.165, 1.54) is 6.33 Å². The van der Waals surface area contributed by atoms with Crippen LogP contribution >= 0.6 is 0 Å². The number of hydrogen-bond acceptors (Lipinski definition) is 4. The summed E-state index contributed by atoms with van der Waals surface area (Å²) >= 11 is 0. The standard InChI is InChI=1S/C11H19N3O/c1-3-11(4-2,8-15)7-14-10-5-12-9-13-6-10/h5-6,9,14-15H,3-4,7-8H2,1-2H3. The minimum absolute atomic E-state index is 0.0319. The van der Waals surface area contributed by atoms with Crippen molar-refractivity contribution in [2.75, 3.05) is 18.5 Å². The second kappa shape index (κ2) is 5.66. The van der Waals surface area contributed by atoms with Crippen LogP contribution in [-0.2, 0) is 0 Å². The molecule has 1 heterocycles. The molecule has 4 nitrogen and oxygen atoms in total. The molecule has 84 valence electrons. The minimum Gasteiger partial charge on any atom is -0.396 e. The molecule has 0 saturated carbocycles. The van der Waals surface area contributed by atoms with Crippen molar-refractivity contribution >= 4 is 5.69 Å². The first-order chi connectivity index (χ1) is 7.26. The summed E-state index contributed by atoms with van der Waals surface area (Å²) in [6, 6.07) is 0. The Bertz CT molecular complexity index is 264. The fourth-order valence-electron chi connectivity index (χ4n) is 1.46. The number of aliphatic hydroxyl groups excluding tert-OH is 1. The van der Waals surface area contributed by atoms with Gasteiger partial charge in [-0.05, 0) is 12.8 Å². The number of rotatable bonds is 6. The molecule has 1 aromatic heterocycles. The fourth-order valence-corrected chi connectivity index (χ4v) is 1.46. The number of nitrogens with zero attached hydrogens (tertiary/aromatic N) is 2. The van der Waals surface area contributed by atoms with E-state index in [1.54, 1.807) is 12.4 Å². The predicted molar refractivity (Wildman–Crippen MR) is 60.6 cm³/mol. The molecule has 1 rings (SSSR count). The molecule has 2 N–H and O–H groups in total. The van der Waals surface area contributed by atoms with E-state index in [9.17, 15) is 5.11 Å². The van der Waals surface area contributed by atoms with E-state index < -0.39 is 0 Å². The lowest BCUT2D eigenvalue weighted by Crippen LogP contribution is -2.32. The molecule has 0 aliphatic rings. The smallest absolute Gasteiger partial charge is 0.115 e. The molecule has 0 spiro atoms. The maximum Gasteiger partial charge on any atom is 0.115 e. The SMILES string of the molecule is CCC(CC)(CO)CNc1cncnc1. The average molecular weight is 209 g/mol. The summed E-state index contributed by atoms with van der Waals surface area (Å²) in [6.07, 6.45) is 6.90. The lowest BCUT2D eigenvalue weighted by Gasteiger charge is -2.29. The fraction of sp³-hybridized carbons (Fsp3) is 0.636. The predicted octanol–water partition coefficient (Wildman–Crippen LogP) is 1.69. The van der Waals surface area contributed by atoms with Crippen molar-refractivity contribution in [3.05, 3.63) is 18.7 Å². The number of aliphatic hydroxyl groups is 1. The number of aromatic nitrogens is 2. The highest BCUT2D eigenvalue weighted by Crippen LogP contribution is 2.25. The van der Waals surface area contributed by atoms with Crippen LogP contribution in [0.5, 0.6) is 0 Å². The summed E-state index contributed by atoms with van der Waals surface area (Å²) < 4.78 is 0. The molecule has 0 fully saturated rings. The van der Waals surface area contributed by atoms with Gasteiger partial charge in [-0.1, -0.05) is 13.8 Å². The Hall–Kier alpha value is -1.16. The van der Waals surface area contributed by atoms with Crippen molar-refractivity contribution in [1.82, 2.24) is 9.97 Å². The molecule has 0 saturated heterocycles. The van der Waals surface area contributed by atoms with E-state index in [1.807, 2.05) is 0 Å². The van der Waals surface area contributed by atoms with E-state index in [-0.39, 0.29) is 12.0 Å². The molecule has 0 amide bonds. The van der Waals surface area contributed by atoms with Crippen molar-refractivity contribution < 1.29 is 5.11 Å². The summed E-state index contributed by atoms with van der Waals surface area (Å²) in [7, 11) is 0. The maximum atomic E-state index is 9.38. The molecule has 0 atom stereocenters. The Morgan fingerprint density at radius 3 is 2.33 bits per heavy atom. The van der Waals surface area contributed by atoms with E-state index in [0.29, 0.717) is 0 Å². The molecular formula is C11H19N3O. The first-order valence-corrected chi connectivity index (χ1v) is 5.36. The monoisotopic (exact) mass is 209 g/mol. The molecule has 0 unspecified atom stereocenters. The normalized spacial score (nSPS) is 11.4. The van der Waals surface area contributed by atoms with Crippen LogP contribution in [0.2, 0.25) is 0 Å². The van der Waals surface area contributed by atoms with E-state index >= 15 is 0 Å².